The van der Waals surface area contributed by atoms with Gasteiger partial charge >= 0.3 is 5.97 Å². The Bertz CT molecular complexity index is 309. The van der Waals surface area contributed by atoms with Crippen molar-refractivity contribution in [2.75, 3.05) is 7.11 Å². The van der Waals surface area contributed by atoms with Crippen LogP contribution in [0, 0.1) is 5.41 Å². The van der Waals surface area contributed by atoms with Crippen molar-refractivity contribution in [3.8, 4) is 0 Å². The number of nitrogens with zero attached hydrogens (tertiary/aromatic N) is 1. The first kappa shape index (κ1) is 9.38. The van der Waals surface area contributed by atoms with Gasteiger partial charge in [-0.2, -0.15) is 0 Å². The van der Waals surface area contributed by atoms with E-state index in [9.17, 15) is 4.79 Å². The highest BCUT2D eigenvalue weighted by atomic mass is 16.5. The molecular formula is C9H10N2O2. The standard InChI is InChI=1S/C9H10N2O2/c1-13-9(12)8(10)6-7-4-2-3-5-11-7/h2-5,10H,6H2,1H3. The lowest BCUT2D eigenvalue weighted by atomic mass is 10.2. The minimum atomic E-state index is -0.606. The predicted octanol–water partition coefficient (Wildman–Crippen LogP) is 0.817. The van der Waals surface area contributed by atoms with Gasteiger partial charge in [0.25, 0.3) is 0 Å². The third-order valence-electron chi connectivity index (χ3n) is 1.52. The fourth-order valence-electron chi connectivity index (χ4n) is 0.879. The number of rotatable bonds is 3. The number of esters is 1. The Labute approximate surface area is 76.1 Å². The van der Waals surface area contributed by atoms with Crippen LogP contribution in [-0.2, 0) is 16.0 Å². The Hall–Kier alpha value is -1.71. The SMILES string of the molecule is COC(=O)C(=N)Cc1ccccn1. The van der Waals surface area contributed by atoms with Gasteiger partial charge in [-0.25, -0.2) is 4.79 Å². The summed E-state index contributed by atoms with van der Waals surface area (Å²) in [5, 5.41) is 7.32. The molecule has 13 heavy (non-hydrogen) atoms. The second kappa shape index (κ2) is 4.35. The molecule has 0 saturated carbocycles. The molecule has 0 saturated heterocycles. The van der Waals surface area contributed by atoms with Crippen LogP contribution in [0.15, 0.2) is 24.4 Å². The van der Waals surface area contributed by atoms with Gasteiger partial charge in [0.05, 0.1) is 7.11 Å². The Morgan fingerprint density at radius 1 is 1.62 bits per heavy atom. The van der Waals surface area contributed by atoms with Gasteiger partial charge in [-0.3, -0.25) is 10.4 Å². The number of carbonyl (C=O) groups excluding carboxylic acids is 1. The van der Waals surface area contributed by atoms with E-state index in [-0.39, 0.29) is 12.1 Å². The van der Waals surface area contributed by atoms with E-state index in [1.54, 1.807) is 18.3 Å². The summed E-state index contributed by atoms with van der Waals surface area (Å²) in [7, 11) is 1.26. The minimum absolute atomic E-state index is 0.0822. The molecule has 0 radical (unpaired) electrons. The Morgan fingerprint density at radius 2 is 2.38 bits per heavy atom. The van der Waals surface area contributed by atoms with Gasteiger partial charge in [0.1, 0.15) is 5.71 Å². The van der Waals surface area contributed by atoms with Gasteiger partial charge < -0.3 is 4.74 Å². The Kier molecular flexibility index (Phi) is 3.14. The van der Waals surface area contributed by atoms with E-state index in [2.05, 4.69) is 9.72 Å². The summed E-state index contributed by atoms with van der Waals surface area (Å²) < 4.78 is 4.39. The summed E-state index contributed by atoms with van der Waals surface area (Å²) in [6.45, 7) is 0. The average Bonchev–Trinajstić information content (AvgIpc) is 2.18. The molecule has 1 aromatic heterocycles. The van der Waals surface area contributed by atoms with E-state index in [0.29, 0.717) is 5.69 Å². The summed E-state index contributed by atoms with van der Waals surface area (Å²) in [5.74, 6) is -0.606. The first-order chi connectivity index (χ1) is 6.24. The van der Waals surface area contributed by atoms with Crippen LogP contribution in [-0.4, -0.2) is 23.8 Å². The third kappa shape index (κ3) is 2.66. The molecule has 1 rings (SSSR count). The highest BCUT2D eigenvalue weighted by molar-refractivity contribution is 6.35. The van der Waals surface area contributed by atoms with Crippen molar-refractivity contribution in [3.05, 3.63) is 30.1 Å². The molecule has 0 fully saturated rings. The van der Waals surface area contributed by atoms with Crippen molar-refractivity contribution in [1.82, 2.24) is 4.98 Å². The molecule has 0 aromatic carbocycles. The number of aromatic nitrogens is 1. The maximum atomic E-state index is 10.8. The maximum Gasteiger partial charge on any atom is 0.352 e. The van der Waals surface area contributed by atoms with Crippen LogP contribution >= 0.6 is 0 Å². The first-order valence-electron chi connectivity index (χ1n) is 3.79. The molecular weight excluding hydrogens is 168 g/mol. The molecule has 1 aromatic rings. The van der Waals surface area contributed by atoms with Crippen LogP contribution in [0.25, 0.3) is 0 Å². The first-order valence-corrected chi connectivity index (χ1v) is 3.79. The summed E-state index contributed by atoms with van der Waals surface area (Å²) in [5.41, 5.74) is 0.610. The molecule has 1 N–H and O–H groups in total. The van der Waals surface area contributed by atoms with Crippen LogP contribution in [0.1, 0.15) is 5.69 Å². The molecule has 0 aliphatic rings. The van der Waals surface area contributed by atoms with Crippen molar-refractivity contribution in [1.29, 1.82) is 5.41 Å². The van der Waals surface area contributed by atoms with Crippen LogP contribution in [0.5, 0.6) is 0 Å². The average molecular weight is 178 g/mol. The summed E-state index contributed by atoms with van der Waals surface area (Å²) in [6, 6.07) is 5.36. The quantitative estimate of drug-likeness (QED) is 0.550. The van der Waals surface area contributed by atoms with Crippen LogP contribution in [0.2, 0.25) is 0 Å². The summed E-state index contributed by atoms with van der Waals surface area (Å²) in [6.07, 6.45) is 1.84. The van der Waals surface area contributed by atoms with Gasteiger partial charge in [0.15, 0.2) is 0 Å². The fraction of sp³-hybridized carbons (Fsp3) is 0.222. The summed E-state index contributed by atoms with van der Waals surface area (Å²) in [4.78, 5) is 14.8. The number of pyridine rings is 1. The second-order valence-corrected chi connectivity index (χ2v) is 2.47. The lowest BCUT2D eigenvalue weighted by Crippen LogP contribution is -2.17. The van der Waals surface area contributed by atoms with Crippen molar-refractivity contribution >= 4 is 11.7 Å². The molecule has 4 nitrogen and oxygen atoms in total. The number of methoxy groups -OCH3 is 1. The normalized spacial score (nSPS) is 9.31. The van der Waals surface area contributed by atoms with E-state index < -0.39 is 5.97 Å². The molecule has 0 spiro atoms. The van der Waals surface area contributed by atoms with Crippen LogP contribution in [0.4, 0.5) is 0 Å². The molecule has 0 amide bonds. The number of carbonyl (C=O) groups is 1. The summed E-state index contributed by atoms with van der Waals surface area (Å²) >= 11 is 0. The number of hydrogen-bond donors (Lipinski definition) is 1. The van der Waals surface area contributed by atoms with Crippen molar-refractivity contribution in [2.24, 2.45) is 0 Å². The zero-order valence-electron chi connectivity index (χ0n) is 7.28. The predicted molar refractivity (Wildman–Crippen MR) is 47.7 cm³/mol. The van der Waals surface area contributed by atoms with Crippen LogP contribution in [0.3, 0.4) is 0 Å². The largest absolute Gasteiger partial charge is 0.465 e. The lowest BCUT2D eigenvalue weighted by Gasteiger charge is -2.00. The van der Waals surface area contributed by atoms with E-state index in [1.807, 2.05) is 6.07 Å². The van der Waals surface area contributed by atoms with Crippen molar-refractivity contribution < 1.29 is 9.53 Å². The molecule has 68 valence electrons. The van der Waals surface area contributed by atoms with E-state index in [4.69, 9.17) is 5.41 Å². The number of hydrogen-bond acceptors (Lipinski definition) is 4. The van der Waals surface area contributed by atoms with E-state index in [0.717, 1.165) is 0 Å². The smallest absolute Gasteiger partial charge is 0.352 e. The molecule has 0 bridgehead atoms. The molecule has 0 aliphatic heterocycles. The van der Waals surface area contributed by atoms with E-state index in [1.165, 1.54) is 7.11 Å². The Balaban J connectivity index is 2.60. The van der Waals surface area contributed by atoms with Gasteiger partial charge in [0.2, 0.25) is 0 Å². The molecule has 0 aliphatic carbocycles. The van der Waals surface area contributed by atoms with Crippen LogP contribution < -0.4 is 0 Å². The van der Waals surface area contributed by atoms with Gasteiger partial charge in [-0.15, -0.1) is 0 Å². The van der Waals surface area contributed by atoms with E-state index >= 15 is 0 Å². The molecule has 1 heterocycles. The van der Waals surface area contributed by atoms with Gasteiger partial charge in [-0.05, 0) is 12.1 Å². The fourth-order valence-corrected chi connectivity index (χ4v) is 0.879. The minimum Gasteiger partial charge on any atom is -0.465 e. The second-order valence-electron chi connectivity index (χ2n) is 2.47. The number of ether oxygens (including phenoxy) is 1. The molecule has 4 heteroatoms. The Morgan fingerprint density at radius 3 is 2.92 bits per heavy atom. The zero-order chi connectivity index (χ0) is 9.68. The monoisotopic (exact) mass is 178 g/mol. The topological polar surface area (TPSA) is 63.0 Å². The highest BCUT2D eigenvalue weighted by Gasteiger charge is 2.09. The van der Waals surface area contributed by atoms with Gasteiger partial charge in [-0.1, -0.05) is 6.07 Å². The van der Waals surface area contributed by atoms with Gasteiger partial charge in [0, 0.05) is 18.3 Å². The highest BCUT2D eigenvalue weighted by Crippen LogP contribution is 1.96. The van der Waals surface area contributed by atoms with Crippen molar-refractivity contribution in [2.45, 2.75) is 6.42 Å². The maximum absolute atomic E-state index is 10.8. The third-order valence-corrected chi connectivity index (χ3v) is 1.52. The lowest BCUT2D eigenvalue weighted by molar-refractivity contribution is -0.132. The van der Waals surface area contributed by atoms with Crippen molar-refractivity contribution in [3.63, 3.8) is 0 Å². The zero-order valence-corrected chi connectivity index (χ0v) is 7.28. The number of nitrogens with one attached hydrogen (secondary N) is 1. The molecule has 0 unspecified atom stereocenters. The molecule has 0 atom stereocenters.